The van der Waals surface area contributed by atoms with E-state index >= 15 is 0 Å². The van der Waals surface area contributed by atoms with Crippen LogP contribution in [0.25, 0.3) is 6.08 Å². The highest BCUT2D eigenvalue weighted by Crippen LogP contribution is 2.46. The average Bonchev–Trinajstić information content (AvgIpc) is 2.88. The van der Waals surface area contributed by atoms with Crippen LogP contribution in [0, 0.1) is 5.92 Å². The van der Waals surface area contributed by atoms with Crippen LogP contribution in [0.4, 0.5) is 26.3 Å². The molecular formula is C17H9F6. The van der Waals surface area contributed by atoms with Gasteiger partial charge in [-0.25, -0.2) is 0 Å². The van der Waals surface area contributed by atoms with Crippen molar-refractivity contribution in [1.29, 1.82) is 0 Å². The van der Waals surface area contributed by atoms with E-state index in [-0.39, 0.29) is 5.92 Å². The predicted molar refractivity (Wildman–Crippen MR) is 73.4 cm³/mol. The van der Waals surface area contributed by atoms with Crippen LogP contribution in [0.1, 0.15) is 27.8 Å². The van der Waals surface area contributed by atoms with Gasteiger partial charge in [0.05, 0.1) is 17.0 Å². The third kappa shape index (κ3) is 2.73. The molecule has 0 amide bonds. The summed E-state index contributed by atoms with van der Waals surface area (Å²) < 4.78 is 79.0. The summed E-state index contributed by atoms with van der Waals surface area (Å²) in [5.41, 5.74) is -2.63. The van der Waals surface area contributed by atoms with Gasteiger partial charge in [-0.15, -0.1) is 0 Å². The van der Waals surface area contributed by atoms with Crippen LogP contribution in [0.5, 0.6) is 0 Å². The van der Waals surface area contributed by atoms with Crippen LogP contribution in [0.15, 0.2) is 48.5 Å². The van der Waals surface area contributed by atoms with Gasteiger partial charge in [0.25, 0.3) is 0 Å². The molecule has 0 heterocycles. The molecule has 6 heteroatoms. The Morgan fingerprint density at radius 3 is 1.91 bits per heavy atom. The van der Waals surface area contributed by atoms with Gasteiger partial charge in [0.15, 0.2) is 0 Å². The van der Waals surface area contributed by atoms with Gasteiger partial charge in [-0.1, -0.05) is 48.6 Å². The highest BCUT2D eigenvalue weighted by Gasteiger charge is 2.45. The molecular weight excluding hydrogens is 318 g/mol. The van der Waals surface area contributed by atoms with E-state index in [2.05, 4.69) is 0 Å². The quantitative estimate of drug-likeness (QED) is 0.588. The summed E-state index contributed by atoms with van der Waals surface area (Å²) in [5.74, 6) is 0.138. The van der Waals surface area contributed by atoms with Gasteiger partial charge in [-0.05, 0) is 22.8 Å². The fourth-order valence-corrected chi connectivity index (χ4v) is 2.70. The van der Waals surface area contributed by atoms with Crippen molar-refractivity contribution in [2.45, 2.75) is 12.4 Å². The Morgan fingerprint density at radius 1 is 0.609 bits per heavy atom. The molecule has 0 atom stereocenters. The summed E-state index contributed by atoms with van der Waals surface area (Å²) in [5, 5.41) is 0. The first-order chi connectivity index (χ1) is 10.7. The lowest BCUT2D eigenvalue weighted by Gasteiger charge is -2.22. The molecule has 0 spiro atoms. The van der Waals surface area contributed by atoms with E-state index in [0.717, 1.165) is 12.1 Å². The zero-order valence-electron chi connectivity index (χ0n) is 11.5. The minimum absolute atomic E-state index is 0.138. The smallest absolute Gasteiger partial charge is 0.166 e. The predicted octanol–water partition coefficient (Wildman–Crippen LogP) is 5.72. The van der Waals surface area contributed by atoms with E-state index in [0.29, 0.717) is 17.2 Å². The summed E-state index contributed by atoms with van der Waals surface area (Å²) in [6, 6.07) is 9.15. The fourth-order valence-electron chi connectivity index (χ4n) is 2.70. The standard InChI is InChI=1S/C17H9F6/c18-16(19,20)14-7-3-6-13(15(14)17(21,22)23)12-9-8-10-4-1-2-5-11(10)12/h1-9H. The van der Waals surface area contributed by atoms with Crippen molar-refractivity contribution in [2.75, 3.05) is 0 Å². The molecule has 1 aliphatic carbocycles. The maximum Gasteiger partial charge on any atom is 0.417 e. The molecule has 1 radical (unpaired) electrons. The molecule has 0 fully saturated rings. The van der Waals surface area contributed by atoms with Crippen LogP contribution < -0.4 is 0 Å². The van der Waals surface area contributed by atoms with Crippen LogP contribution in [0.2, 0.25) is 0 Å². The normalized spacial score (nSPS) is 15.0. The molecule has 0 saturated heterocycles. The van der Waals surface area contributed by atoms with E-state index in [1.54, 1.807) is 30.3 Å². The molecule has 0 aromatic heterocycles. The molecule has 0 saturated carbocycles. The largest absolute Gasteiger partial charge is 0.417 e. The first-order valence-electron chi connectivity index (χ1n) is 6.62. The van der Waals surface area contributed by atoms with Crippen molar-refractivity contribution in [2.24, 2.45) is 0 Å². The van der Waals surface area contributed by atoms with Gasteiger partial charge in [-0.3, -0.25) is 0 Å². The number of benzene rings is 2. The van der Waals surface area contributed by atoms with Crippen molar-refractivity contribution >= 4 is 6.08 Å². The first kappa shape index (κ1) is 15.6. The highest BCUT2D eigenvalue weighted by atomic mass is 19.4. The van der Waals surface area contributed by atoms with Gasteiger partial charge in [0, 0.05) is 0 Å². The van der Waals surface area contributed by atoms with Crippen LogP contribution in [-0.2, 0) is 12.4 Å². The van der Waals surface area contributed by atoms with Crippen molar-refractivity contribution in [3.63, 3.8) is 0 Å². The highest BCUT2D eigenvalue weighted by molar-refractivity contribution is 5.74. The third-order valence-electron chi connectivity index (χ3n) is 3.62. The Morgan fingerprint density at radius 2 is 1.26 bits per heavy atom. The van der Waals surface area contributed by atoms with Gasteiger partial charge in [0.2, 0.25) is 0 Å². The Bertz CT molecular complexity index is 767. The van der Waals surface area contributed by atoms with Gasteiger partial charge >= 0.3 is 12.4 Å². The molecule has 0 aliphatic heterocycles. The van der Waals surface area contributed by atoms with Crippen molar-refractivity contribution in [1.82, 2.24) is 0 Å². The molecule has 1 aliphatic rings. The number of halogens is 6. The number of hydrogen-bond donors (Lipinski definition) is 0. The number of fused-ring (bicyclic) bond motifs is 1. The third-order valence-corrected chi connectivity index (χ3v) is 3.62. The van der Waals surface area contributed by atoms with E-state index in [1.165, 1.54) is 6.08 Å². The van der Waals surface area contributed by atoms with Crippen LogP contribution in [0.3, 0.4) is 0 Å². The maximum absolute atomic E-state index is 13.3. The summed E-state index contributed by atoms with van der Waals surface area (Å²) in [6.45, 7) is 0. The van der Waals surface area contributed by atoms with Crippen molar-refractivity contribution in [3.05, 3.63) is 82.3 Å². The lowest BCUT2D eigenvalue weighted by Crippen LogP contribution is -2.20. The molecule has 0 unspecified atom stereocenters. The summed E-state index contributed by atoms with van der Waals surface area (Å²) in [4.78, 5) is 0. The zero-order chi connectivity index (χ0) is 16.8. The van der Waals surface area contributed by atoms with Crippen molar-refractivity contribution in [3.8, 4) is 0 Å². The molecule has 2 aromatic carbocycles. The molecule has 0 bridgehead atoms. The monoisotopic (exact) mass is 327 g/mol. The SMILES string of the molecule is FC(F)(F)c1cccc([C]2C=Cc3ccccc32)c1C(F)(F)F. The number of alkyl halides is 6. The van der Waals surface area contributed by atoms with Gasteiger partial charge in [0.1, 0.15) is 0 Å². The zero-order valence-corrected chi connectivity index (χ0v) is 11.5. The number of rotatable bonds is 1. The average molecular weight is 327 g/mol. The van der Waals surface area contributed by atoms with Crippen LogP contribution >= 0.6 is 0 Å². The van der Waals surface area contributed by atoms with E-state index in [1.807, 2.05) is 0 Å². The Balaban J connectivity index is 2.24. The minimum Gasteiger partial charge on any atom is -0.166 e. The second-order valence-corrected chi connectivity index (χ2v) is 5.06. The summed E-state index contributed by atoms with van der Waals surface area (Å²) in [7, 11) is 0. The molecule has 23 heavy (non-hydrogen) atoms. The van der Waals surface area contributed by atoms with E-state index in [4.69, 9.17) is 0 Å². The topological polar surface area (TPSA) is 0 Å². The first-order valence-corrected chi connectivity index (χ1v) is 6.62. The Kier molecular flexibility index (Phi) is 3.50. The molecule has 2 aromatic rings. The second kappa shape index (κ2) is 5.15. The van der Waals surface area contributed by atoms with Gasteiger partial charge < -0.3 is 0 Å². The number of allylic oxidation sites excluding steroid dienone is 1. The number of hydrogen-bond acceptors (Lipinski definition) is 0. The summed E-state index contributed by atoms with van der Waals surface area (Å²) >= 11 is 0. The van der Waals surface area contributed by atoms with Crippen LogP contribution in [-0.4, -0.2) is 0 Å². The minimum atomic E-state index is -5.11. The Hall–Kier alpha value is -2.24. The Labute approximate surface area is 128 Å². The lowest BCUT2D eigenvalue weighted by molar-refractivity contribution is -0.162. The molecule has 0 nitrogen and oxygen atoms in total. The summed E-state index contributed by atoms with van der Waals surface area (Å²) in [6.07, 6.45) is -7.19. The maximum atomic E-state index is 13.3. The molecule has 119 valence electrons. The fraction of sp³-hybridized carbons (Fsp3) is 0.118. The molecule has 3 rings (SSSR count). The lowest BCUT2D eigenvalue weighted by atomic mass is 9.87. The second-order valence-electron chi connectivity index (χ2n) is 5.06. The van der Waals surface area contributed by atoms with E-state index < -0.39 is 29.0 Å². The van der Waals surface area contributed by atoms with Gasteiger partial charge in [-0.2, -0.15) is 26.3 Å². The molecule has 0 N–H and O–H groups in total. The van der Waals surface area contributed by atoms with E-state index in [9.17, 15) is 26.3 Å². The van der Waals surface area contributed by atoms with Crippen molar-refractivity contribution < 1.29 is 26.3 Å².